The number of likely N-dealkylation sites (tertiary alicyclic amines) is 1. The van der Waals surface area contributed by atoms with Gasteiger partial charge in [0.15, 0.2) is 5.82 Å². The normalized spacial score (nSPS) is 26.0. The van der Waals surface area contributed by atoms with Gasteiger partial charge in [-0.2, -0.15) is 0 Å². The van der Waals surface area contributed by atoms with Gasteiger partial charge in [-0.05, 0) is 40.3 Å². The van der Waals surface area contributed by atoms with Crippen LogP contribution in [-0.4, -0.2) is 53.2 Å². The van der Waals surface area contributed by atoms with Crippen molar-refractivity contribution in [1.82, 2.24) is 14.9 Å². The largest absolute Gasteiger partial charge is 0.447 e. The zero-order chi connectivity index (χ0) is 15.0. The van der Waals surface area contributed by atoms with E-state index in [0.717, 1.165) is 25.2 Å². The summed E-state index contributed by atoms with van der Waals surface area (Å²) in [6.07, 6.45) is 5.42. The van der Waals surface area contributed by atoms with E-state index in [2.05, 4.69) is 16.9 Å². The van der Waals surface area contributed by atoms with E-state index in [1.807, 2.05) is 20.0 Å². The minimum absolute atomic E-state index is 0.341. The van der Waals surface area contributed by atoms with Crippen molar-refractivity contribution in [2.24, 2.45) is 0 Å². The van der Waals surface area contributed by atoms with Gasteiger partial charge in [0.05, 0.1) is 17.4 Å². The highest BCUT2D eigenvalue weighted by atomic mass is 16.6. The number of cyclic esters (lactones) is 1. The number of carbonyl (C=O) groups excluding carboxylic acids is 1. The summed E-state index contributed by atoms with van der Waals surface area (Å²) in [5.74, 6) is 0.978. The maximum absolute atomic E-state index is 12.0. The average molecular weight is 290 g/mol. The highest BCUT2D eigenvalue weighted by molar-refractivity contribution is 5.90. The lowest BCUT2D eigenvalue weighted by molar-refractivity contribution is 0.175. The maximum atomic E-state index is 12.0. The zero-order valence-corrected chi connectivity index (χ0v) is 12.9. The van der Waals surface area contributed by atoms with Crippen LogP contribution < -0.4 is 4.90 Å². The van der Waals surface area contributed by atoms with Gasteiger partial charge in [0.25, 0.3) is 0 Å². The molecule has 0 aromatic carbocycles. The van der Waals surface area contributed by atoms with Gasteiger partial charge in [0.2, 0.25) is 0 Å². The van der Waals surface area contributed by atoms with Crippen molar-refractivity contribution in [2.75, 3.05) is 31.6 Å². The Balaban J connectivity index is 1.88. The first-order chi connectivity index (χ1) is 9.97. The lowest BCUT2D eigenvalue weighted by Crippen LogP contribution is -2.42. The molecule has 6 nitrogen and oxygen atoms in total. The molecule has 6 heteroatoms. The zero-order valence-electron chi connectivity index (χ0n) is 12.9. The van der Waals surface area contributed by atoms with Crippen molar-refractivity contribution < 1.29 is 9.53 Å². The van der Waals surface area contributed by atoms with Gasteiger partial charge in [-0.1, -0.05) is 0 Å². The van der Waals surface area contributed by atoms with Gasteiger partial charge in [0.1, 0.15) is 6.61 Å². The lowest BCUT2D eigenvalue weighted by Gasteiger charge is -2.30. The summed E-state index contributed by atoms with van der Waals surface area (Å²) >= 11 is 0. The summed E-state index contributed by atoms with van der Waals surface area (Å²) in [6.45, 7) is 6.45. The van der Waals surface area contributed by atoms with Crippen LogP contribution in [0.1, 0.15) is 38.3 Å². The van der Waals surface area contributed by atoms with Gasteiger partial charge in [-0.25, -0.2) is 9.78 Å². The number of likely N-dealkylation sites (N-methyl/N-ethyl adjacent to an activating group) is 1. The molecule has 1 unspecified atom stereocenters. The third-order valence-corrected chi connectivity index (χ3v) is 4.25. The standard InChI is InChI=1S/C15H22N4O2/c1-15(2)10-21-14(20)19(15)13-8-16-7-12(17-13)11-5-4-6-18(3)9-11/h7-8,11H,4-6,9-10H2,1-3H3. The van der Waals surface area contributed by atoms with Gasteiger partial charge >= 0.3 is 6.09 Å². The maximum Gasteiger partial charge on any atom is 0.416 e. The van der Waals surface area contributed by atoms with Crippen LogP contribution >= 0.6 is 0 Å². The first-order valence-corrected chi connectivity index (χ1v) is 7.45. The Kier molecular flexibility index (Phi) is 3.57. The number of piperidine rings is 1. The predicted octanol–water partition coefficient (Wildman–Crippen LogP) is 2.02. The van der Waals surface area contributed by atoms with Crippen molar-refractivity contribution >= 4 is 11.9 Å². The fourth-order valence-electron chi connectivity index (χ4n) is 3.10. The number of nitrogens with zero attached hydrogens (tertiary/aromatic N) is 4. The summed E-state index contributed by atoms with van der Waals surface area (Å²) in [6, 6.07) is 0. The van der Waals surface area contributed by atoms with Gasteiger partial charge in [-0.15, -0.1) is 0 Å². The van der Waals surface area contributed by atoms with Crippen LogP contribution in [0.4, 0.5) is 10.6 Å². The minimum Gasteiger partial charge on any atom is -0.447 e. The highest BCUT2D eigenvalue weighted by Crippen LogP contribution is 2.31. The van der Waals surface area contributed by atoms with Crippen molar-refractivity contribution in [3.05, 3.63) is 18.1 Å². The van der Waals surface area contributed by atoms with E-state index in [1.54, 1.807) is 11.1 Å². The SMILES string of the molecule is CN1CCCC(c2cncc(N3C(=O)OCC3(C)C)n2)C1. The molecule has 1 amide bonds. The lowest BCUT2D eigenvalue weighted by atomic mass is 9.95. The first-order valence-electron chi connectivity index (χ1n) is 7.45. The molecule has 0 bridgehead atoms. The second kappa shape index (κ2) is 5.26. The van der Waals surface area contributed by atoms with Crippen LogP contribution in [0.15, 0.2) is 12.4 Å². The van der Waals surface area contributed by atoms with Crippen molar-refractivity contribution in [3.8, 4) is 0 Å². The number of rotatable bonds is 2. The molecular formula is C15H22N4O2. The van der Waals surface area contributed by atoms with Crippen LogP contribution in [0, 0.1) is 0 Å². The van der Waals surface area contributed by atoms with Crippen LogP contribution in [0.2, 0.25) is 0 Å². The van der Waals surface area contributed by atoms with E-state index in [9.17, 15) is 4.79 Å². The molecule has 0 aliphatic carbocycles. The number of ether oxygens (including phenoxy) is 1. The Morgan fingerprint density at radius 3 is 2.86 bits per heavy atom. The van der Waals surface area contributed by atoms with Crippen molar-refractivity contribution in [1.29, 1.82) is 0 Å². The number of anilines is 1. The first kappa shape index (κ1) is 14.3. The van der Waals surface area contributed by atoms with Gasteiger partial charge in [-0.3, -0.25) is 9.88 Å². The number of hydrogen-bond donors (Lipinski definition) is 0. The molecular weight excluding hydrogens is 268 g/mol. The Morgan fingerprint density at radius 2 is 2.19 bits per heavy atom. The van der Waals surface area contributed by atoms with Gasteiger partial charge in [0, 0.05) is 18.7 Å². The third-order valence-electron chi connectivity index (χ3n) is 4.25. The minimum atomic E-state index is -0.381. The molecule has 2 fully saturated rings. The van der Waals surface area contributed by atoms with E-state index in [4.69, 9.17) is 9.72 Å². The van der Waals surface area contributed by atoms with Crippen LogP contribution in [0.3, 0.4) is 0 Å². The monoisotopic (exact) mass is 290 g/mol. The molecule has 3 heterocycles. The van der Waals surface area contributed by atoms with Crippen LogP contribution in [0.5, 0.6) is 0 Å². The van der Waals surface area contributed by atoms with Crippen molar-refractivity contribution in [2.45, 2.75) is 38.1 Å². The number of amides is 1. The predicted molar refractivity (Wildman–Crippen MR) is 79.4 cm³/mol. The molecule has 2 aliphatic rings. The fourth-order valence-corrected chi connectivity index (χ4v) is 3.10. The molecule has 0 N–H and O–H groups in total. The molecule has 0 spiro atoms. The highest BCUT2D eigenvalue weighted by Gasteiger charge is 2.42. The molecule has 0 radical (unpaired) electrons. The molecule has 0 saturated carbocycles. The fraction of sp³-hybridized carbons (Fsp3) is 0.667. The summed E-state index contributed by atoms with van der Waals surface area (Å²) in [7, 11) is 2.13. The molecule has 114 valence electrons. The molecule has 21 heavy (non-hydrogen) atoms. The molecule has 1 aromatic heterocycles. The van der Waals surface area contributed by atoms with Crippen molar-refractivity contribution in [3.63, 3.8) is 0 Å². The smallest absolute Gasteiger partial charge is 0.416 e. The van der Waals surface area contributed by atoms with E-state index < -0.39 is 0 Å². The summed E-state index contributed by atoms with van der Waals surface area (Å²) in [5, 5.41) is 0. The Bertz CT molecular complexity index is 546. The summed E-state index contributed by atoms with van der Waals surface area (Å²) < 4.78 is 5.15. The number of hydrogen-bond acceptors (Lipinski definition) is 5. The second-order valence-corrected chi connectivity index (χ2v) is 6.61. The van der Waals surface area contributed by atoms with E-state index >= 15 is 0 Å². The van der Waals surface area contributed by atoms with Crippen LogP contribution in [-0.2, 0) is 4.74 Å². The molecule has 1 atom stereocenters. The molecule has 2 aliphatic heterocycles. The number of aromatic nitrogens is 2. The van der Waals surface area contributed by atoms with Gasteiger partial charge < -0.3 is 9.64 Å². The van der Waals surface area contributed by atoms with E-state index in [1.165, 1.54) is 6.42 Å². The average Bonchev–Trinajstić information content (AvgIpc) is 2.73. The summed E-state index contributed by atoms with van der Waals surface area (Å²) in [5.41, 5.74) is 0.586. The van der Waals surface area contributed by atoms with E-state index in [0.29, 0.717) is 18.3 Å². The third kappa shape index (κ3) is 2.72. The topological polar surface area (TPSA) is 58.6 Å². The van der Waals surface area contributed by atoms with Crippen LogP contribution in [0.25, 0.3) is 0 Å². The molecule has 2 saturated heterocycles. The Hall–Kier alpha value is -1.69. The quantitative estimate of drug-likeness (QED) is 0.834. The summed E-state index contributed by atoms with van der Waals surface area (Å²) in [4.78, 5) is 24.9. The molecule has 1 aromatic rings. The Morgan fingerprint density at radius 1 is 1.38 bits per heavy atom. The Labute approximate surface area is 125 Å². The van der Waals surface area contributed by atoms with E-state index in [-0.39, 0.29) is 11.6 Å². The molecule has 3 rings (SSSR count). The number of carbonyl (C=O) groups is 1. The second-order valence-electron chi connectivity index (χ2n) is 6.61.